The minimum Gasteiger partial charge on any atom is -0.379 e. The fourth-order valence-electron chi connectivity index (χ4n) is 2.10. The third-order valence-electron chi connectivity index (χ3n) is 3.09. The average molecular weight is 348 g/mol. The van der Waals surface area contributed by atoms with Gasteiger partial charge in [0.2, 0.25) is 5.91 Å². The Morgan fingerprint density at radius 1 is 1.53 bits per heavy atom. The minimum absolute atomic E-state index is 0.0496. The van der Waals surface area contributed by atoms with Crippen LogP contribution in [0.5, 0.6) is 0 Å². The third kappa shape index (κ3) is 3.48. The number of hydrogen-bond acceptors (Lipinski definition) is 3. The van der Waals surface area contributed by atoms with Gasteiger partial charge in [0.1, 0.15) is 0 Å². The molecule has 0 bridgehead atoms. The summed E-state index contributed by atoms with van der Waals surface area (Å²) in [5, 5.41) is 6.73. The van der Waals surface area contributed by atoms with E-state index in [4.69, 9.17) is 16.3 Å². The zero-order chi connectivity index (χ0) is 13.8. The zero-order valence-electron chi connectivity index (χ0n) is 10.6. The summed E-state index contributed by atoms with van der Waals surface area (Å²) in [4.78, 5) is 12.3. The van der Waals surface area contributed by atoms with Gasteiger partial charge in [-0.15, -0.1) is 0 Å². The molecule has 1 amide bonds. The summed E-state index contributed by atoms with van der Waals surface area (Å²) >= 11 is 9.37. The molecule has 0 saturated carbocycles. The second kappa shape index (κ2) is 6.70. The van der Waals surface area contributed by atoms with Gasteiger partial charge in [-0.1, -0.05) is 24.6 Å². The molecule has 2 atom stereocenters. The van der Waals surface area contributed by atoms with Crippen LogP contribution in [0.4, 0.5) is 5.69 Å². The fourth-order valence-corrected chi connectivity index (χ4v) is 2.64. The van der Waals surface area contributed by atoms with E-state index in [9.17, 15) is 4.79 Å². The number of halogens is 2. The van der Waals surface area contributed by atoms with E-state index >= 15 is 0 Å². The maximum Gasteiger partial charge on any atom is 0.231 e. The third-order valence-corrected chi connectivity index (χ3v) is 4.49. The molecule has 0 radical (unpaired) electrons. The lowest BCUT2D eigenvalue weighted by Gasteiger charge is -2.18. The molecular formula is C13H16BrClN2O2. The minimum atomic E-state index is -0.175. The molecule has 104 valence electrons. The van der Waals surface area contributed by atoms with E-state index in [0.29, 0.717) is 28.4 Å². The summed E-state index contributed by atoms with van der Waals surface area (Å²) in [6.07, 6.45) is 0. The summed E-state index contributed by atoms with van der Waals surface area (Å²) in [5.41, 5.74) is 0.680. The van der Waals surface area contributed by atoms with Gasteiger partial charge in [-0.25, -0.2) is 0 Å². The molecule has 1 aliphatic heterocycles. The number of carbonyl (C=O) groups excluding carboxylic acids is 1. The summed E-state index contributed by atoms with van der Waals surface area (Å²) in [7, 11) is 0. The number of benzene rings is 1. The van der Waals surface area contributed by atoms with Crippen molar-refractivity contribution in [2.75, 3.05) is 25.1 Å². The number of nitrogens with one attached hydrogen (secondary N) is 2. The van der Waals surface area contributed by atoms with Crippen molar-refractivity contribution < 1.29 is 9.53 Å². The number of likely N-dealkylation sites (N-methyl/N-ethyl adjacent to an activating group) is 1. The van der Waals surface area contributed by atoms with Crippen molar-refractivity contribution in [1.29, 1.82) is 0 Å². The maximum atomic E-state index is 12.3. The van der Waals surface area contributed by atoms with Crippen LogP contribution in [0.2, 0.25) is 5.02 Å². The Labute approximate surface area is 126 Å². The molecule has 1 aliphatic rings. The molecule has 1 fully saturated rings. The average Bonchev–Trinajstić information content (AvgIpc) is 2.84. The summed E-state index contributed by atoms with van der Waals surface area (Å²) in [5.74, 6) is -0.225. The number of hydrogen-bond donors (Lipinski definition) is 2. The van der Waals surface area contributed by atoms with E-state index in [1.807, 2.05) is 13.0 Å². The Balaban J connectivity index is 2.06. The van der Waals surface area contributed by atoms with Crippen LogP contribution in [0.1, 0.15) is 6.92 Å². The largest absolute Gasteiger partial charge is 0.379 e. The number of ether oxygens (including phenoxy) is 1. The van der Waals surface area contributed by atoms with Crippen LogP contribution < -0.4 is 10.6 Å². The van der Waals surface area contributed by atoms with Crippen molar-refractivity contribution in [3.63, 3.8) is 0 Å². The molecule has 2 rings (SSSR count). The van der Waals surface area contributed by atoms with Crippen LogP contribution >= 0.6 is 27.5 Å². The first kappa shape index (κ1) is 14.8. The summed E-state index contributed by atoms with van der Waals surface area (Å²) in [6.45, 7) is 3.85. The predicted molar refractivity (Wildman–Crippen MR) is 79.6 cm³/mol. The van der Waals surface area contributed by atoms with E-state index in [2.05, 4.69) is 26.6 Å². The van der Waals surface area contributed by atoms with Gasteiger partial charge in [-0.2, -0.15) is 0 Å². The molecule has 1 heterocycles. The van der Waals surface area contributed by atoms with Crippen LogP contribution in [0, 0.1) is 5.92 Å². The Hall–Kier alpha value is -0.620. The lowest BCUT2D eigenvalue weighted by Crippen LogP contribution is -2.41. The Morgan fingerprint density at radius 3 is 3.05 bits per heavy atom. The van der Waals surface area contributed by atoms with E-state index < -0.39 is 0 Å². The van der Waals surface area contributed by atoms with Gasteiger partial charge in [0.15, 0.2) is 0 Å². The SMILES string of the molecule is CCNC1COCC1C(=O)Nc1cccc(Cl)c1Br. The lowest BCUT2D eigenvalue weighted by molar-refractivity contribution is -0.120. The van der Waals surface area contributed by atoms with Gasteiger partial charge in [0, 0.05) is 6.04 Å². The first-order valence-corrected chi connectivity index (χ1v) is 7.36. The highest BCUT2D eigenvalue weighted by molar-refractivity contribution is 9.10. The normalized spacial score (nSPS) is 22.5. The molecule has 1 aromatic rings. The van der Waals surface area contributed by atoms with Crippen molar-refractivity contribution >= 4 is 39.1 Å². The monoisotopic (exact) mass is 346 g/mol. The van der Waals surface area contributed by atoms with Gasteiger partial charge in [0.25, 0.3) is 0 Å². The van der Waals surface area contributed by atoms with Crippen LogP contribution in [-0.2, 0) is 9.53 Å². The second-order valence-electron chi connectivity index (χ2n) is 4.40. The maximum absolute atomic E-state index is 12.3. The van der Waals surface area contributed by atoms with Crippen LogP contribution in [-0.4, -0.2) is 31.7 Å². The van der Waals surface area contributed by atoms with Gasteiger partial charge in [0.05, 0.1) is 34.3 Å². The van der Waals surface area contributed by atoms with Crippen molar-refractivity contribution in [1.82, 2.24) is 5.32 Å². The molecule has 6 heteroatoms. The van der Waals surface area contributed by atoms with Crippen LogP contribution in [0.3, 0.4) is 0 Å². The molecule has 2 unspecified atom stereocenters. The topological polar surface area (TPSA) is 50.4 Å². The molecular weight excluding hydrogens is 332 g/mol. The predicted octanol–water partition coefficient (Wildman–Crippen LogP) is 2.67. The number of carbonyl (C=O) groups is 1. The molecule has 19 heavy (non-hydrogen) atoms. The first-order valence-electron chi connectivity index (χ1n) is 6.19. The number of rotatable bonds is 4. The van der Waals surface area contributed by atoms with E-state index in [1.165, 1.54) is 0 Å². The lowest BCUT2D eigenvalue weighted by atomic mass is 10.0. The molecule has 1 aromatic carbocycles. The summed E-state index contributed by atoms with van der Waals surface area (Å²) in [6, 6.07) is 5.45. The van der Waals surface area contributed by atoms with Gasteiger partial charge in [-0.3, -0.25) is 4.79 Å². The highest BCUT2D eigenvalue weighted by Crippen LogP contribution is 2.30. The molecule has 0 aliphatic carbocycles. The first-order chi connectivity index (χ1) is 9.13. The highest BCUT2D eigenvalue weighted by Gasteiger charge is 2.33. The molecule has 4 nitrogen and oxygen atoms in total. The number of amides is 1. The van der Waals surface area contributed by atoms with Gasteiger partial charge >= 0.3 is 0 Å². The van der Waals surface area contributed by atoms with Crippen LogP contribution in [0.15, 0.2) is 22.7 Å². The van der Waals surface area contributed by atoms with E-state index in [-0.39, 0.29) is 17.9 Å². The Morgan fingerprint density at radius 2 is 2.32 bits per heavy atom. The van der Waals surface area contributed by atoms with Crippen molar-refractivity contribution in [2.24, 2.45) is 5.92 Å². The van der Waals surface area contributed by atoms with Crippen molar-refractivity contribution in [2.45, 2.75) is 13.0 Å². The summed E-state index contributed by atoms with van der Waals surface area (Å²) < 4.78 is 6.07. The van der Waals surface area contributed by atoms with Crippen molar-refractivity contribution in [3.8, 4) is 0 Å². The fraction of sp³-hybridized carbons (Fsp3) is 0.462. The van der Waals surface area contributed by atoms with E-state index in [1.54, 1.807) is 12.1 Å². The molecule has 0 spiro atoms. The van der Waals surface area contributed by atoms with Gasteiger partial charge in [-0.05, 0) is 34.6 Å². The van der Waals surface area contributed by atoms with Crippen molar-refractivity contribution in [3.05, 3.63) is 27.7 Å². The number of anilines is 1. The quantitative estimate of drug-likeness (QED) is 0.880. The van der Waals surface area contributed by atoms with Crippen LogP contribution in [0.25, 0.3) is 0 Å². The van der Waals surface area contributed by atoms with E-state index in [0.717, 1.165) is 6.54 Å². The standard InChI is InChI=1S/C13H16BrClN2O2/c1-2-16-11-7-19-6-8(11)13(18)17-10-5-3-4-9(15)12(10)14/h3-5,8,11,16H,2,6-7H2,1H3,(H,17,18). The van der Waals surface area contributed by atoms with Gasteiger partial charge < -0.3 is 15.4 Å². The molecule has 0 aromatic heterocycles. The molecule has 2 N–H and O–H groups in total. The molecule has 1 saturated heterocycles. The zero-order valence-corrected chi connectivity index (χ0v) is 12.9. The Bertz CT molecular complexity index is 470. The second-order valence-corrected chi connectivity index (χ2v) is 5.60. The Kier molecular flexibility index (Phi) is 5.21. The highest BCUT2D eigenvalue weighted by atomic mass is 79.9. The smallest absolute Gasteiger partial charge is 0.231 e.